The third kappa shape index (κ3) is 5.01. The monoisotopic (exact) mass is 414 g/mol. The summed E-state index contributed by atoms with van der Waals surface area (Å²) in [5.74, 6) is 0.718. The van der Waals surface area contributed by atoms with Crippen LogP contribution in [0.4, 0.5) is 0 Å². The minimum Gasteiger partial charge on any atom is -0.358 e. The second kappa shape index (κ2) is 9.45. The summed E-state index contributed by atoms with van der Waals surface area (Å²) in [6.45, 7) is 1.95. The van der Waals surface area contributed by atoms with Crippen LogP contribution in [0, 0.1) is 0 Å². The maximum atomic E-state index is 11.3. The van der Waals surface area contributed by atoms with Gasteiger partial charge in [0.1, 0.15) is 0 Å². The van der Waals surface area contributed by atoms with Gasteiger partial charge in [-0.05, 0) is 17.6 Å². The third-order valence-electron chi connectivity index (χ3n) is 3.55. The fourth-order valence-electron chi connectivity index (χ4n) is 2.36. The van der Waals surface area contributed by atoms with Gasteiger partial charge >= 0.3 is 0 Å². The van der Waals surface area contributed by atoms with Crippen LogP contribution in [0.25, 0.3) is 5.57 Å². The van der Waals surface area contributed by atoms with Crippen LogP contribution in [0.1, 0.15) is 12.0 Å². The number of nitrogens with one attached hydrogen (secondary N) is 2. The Hall–Kier alpha value is -1.57. The summed E-state index contributed by atoms with van der Waals surface area (Å²) in [6, 6.07) is 10.4. The zero-order valence-electron chi connectivity index (χ0n) is 13.0. The zero-order chi connectivity index (χ0) is 15.1. The fraction of sp³-hybridized carbons (Fsp3) is 0.375. The van der Waals surface area contributed by atoms with Gasteiger partial charge in [-0.2, -0.15) is 0 Å². The number of guanidine groups is 1. The number of benzene rings is 1. The Morgan fingerprint density at radius 1 is 1.32 bits per heavy atom. The van der Waals surface area contributed by atoms with E-state index in [9.17, 15) is 4.79 Å². The average molecular weight is 414 g/mol. The Morgan fingerprint density at radius 2 is 2.05 bits per heavy atom. The Labute approximate surface area is 148 Å². The molecule has 1 amide bonds. The topological polar surface area (TPSA) is 56.7 Å². The highest BCUT2D eigenvalue weighted by Gasteiger charge is 2.16. The highest BCUT2D eigenvalue weighted by Crippen LogP contribution is 2.21. The van der Waals surface area contributed by atoms with Gasteiger partial charge < -0.3 is 15.5 Å². The van der Waals surface area contributed by atoms with Gasteiger partial charge in [-0.25, -0.2) is 0 Å². The van der Waals surface area contributed by atoms with Crippen LogP contribution in [0.3, 0.4) is 0 Å². The van der Waals surface area contributed by atoms with Crippen LogP contribution in [0.5, 0.6) is 0 Å². The molecule has 120 valence electrons. The van der Waals surface area contributed by atoms with Crippen LogP contribution in [-0.4, -0.2) is 50.5 Å². The Kier molecular flexibility index (Phi) is 7.94. The number of rotatable bonds is 3. The predicted molar refractivity (Wildman–Crippen MR) is 101 cm³/mol. The molecular weight excluding hydrogens is 391 g/mol. The van der Waals surface area contributed by atoms with Gasteiger partial charge in [0.15, 0.2) is 5.96 Å². The van der Waals surface area contributed by atoms with Crippen LogP contribution in [0.2, 0.25) is 0 Å². The summed E-state index contributed by atoms with van der Waals surface area (Å²) < 4.78 is 0. The maximum absolute atomic E-state index is 11.3. The smallest absolute Gasteiger partial charge is 0.239 e. The minimum absolute atomic E-state index is 0. The van der Waals surface area contributed by atoms with Crippen molar-refractivity contribution in [1.29, 1.82) is 0 Å². The lowest BCUT2D eigenvalue weighted by molar-refractivity contribution is -0.119. The Bertz CT molecular complexity index is 542. The van der Waals surface area contributed by atoms with Gasteiger partial charge in [0.2, 0.25) is 5.91 Å². The molecule has 1 heterocycles. The SMILES string of the molecule is CN=C(NCC(=O)NC)N1CC=C(c2ccccc2)CC1.I. The fourth-order valence-corrected chi connectivity index (χ4v) is 2.36. The molecular formula is C16H23IN4O. The van der Waals surface area contributed by atoms with E-state index in [1.807, 2.05) is 6.07 Å². The number of carbonyl (C=O) groups is 1. The molecule has 1 aromatic rings. The summed E-state index contributed by atoms with van der Waals surface area (Å²) >= 11 is 0. The molecule has 5 nitrogen and oxygen atoms in total. The number of hydrogen-bond donors (Lipinski definition) is 2. The molecule has 0 saturated heterocycles. The number of carbonyl (C=O) groups excluding carboxylic acids is 1. The molecule has 1 aliphatic rings. The second-order valence-electron chi connectivity index (χ2n) is 4.87. The van der Waals surface area contributed by atoms with E-state index in [4.69, 9.17) is 0 Å². The zero-order valence-corrected chi connectivity index (χ0v) is 15.3. The van der Waals surface area contributed by atoms with E-state index in [2.05, 4.69) is 50.9 Å². The lowest BCUT2D eigenvalue weighted by atomic mass is 10.00. The second-order valence-corrected chi connectivity index (χ2v) is 4.87. The van der Waals surface area contributed by atoms with Crippen molar-refractivity contribution in [3.05, 3.63) is 42.0 Å². The number of likely N-dealkylation sites (N-methyl/N-ethyl adjacent to an activating group) is 1. The van der Waals surface area contributed by atoms with E-state index in [1.54, 1.807) is 14.1 Å². The van der Waals surface area contributed by atoms with E-state index in [0.717, 1.165) is 25.5 Å². The summed E-state index contributed by atoms with van der Waals surface area (Å²) in [7, 11) is 3.37. The first-order valence-electron chi connectivity index (χ1n) is 7.15. The van der Waals surface area contributed by atoms with E-state index < -0.39 is 0 Å². The molecule has 0 spiro atoms. The molecule has 0 fully saturated rings. The standard InChI is InChI=1S/C16H22N4O.HI/c1-17-15(21)12-19-16(18-2)20-10-8-14(9-11-20)13-6-4-3-5-7-13;/h3-8H,9-12H2,1-2H3,(H,17,21)(H,18,19);1H. The first kappa shape index (κ1) is 18.5. The molecule has 0 unspecified atom stereocenters. The molecule has 0 aromatic heterocycles. The summed E-state index contributed by atoms with van der Waals surface area (Å²) in [5.41, 5.74) is 2.65. The summed E-state index contributed by atoms with van der Waals surface area (Å²) in [5, 5.41) is 5.67. The van der Waals surface area contributed by atoms with Crippen molar-refractivity contribution in [2.24, 2.45) is 4.99 Å². The first-order valence-corrected chi connectivity index (χ1v) is 7.15. The quantitative estimate of drug-likeness (QED) is 0.450. The number of amides is 1. The van der Waals surface area contributed by atoms with E-state index in [1.165, 1.54) is 11.1 Å². The number of aliphatic imine (C=N–C) groups is 1. The molecule has 22 heavy (non-hydrogen) atoms. The van der Waals surface area contributed by atoms with Crippen LogP contribution >= 0.6 is 24.0 Å². The van der Waals surface area contributed by atoms with E-state index in [0.29, 0.717) is 0 Å². The van der Waals surface area contributed by atoms with E-state index in [-0.39, 0.29) is 36.4 Å². The molecule has 0 bridgehead atoms. The molecule has 6 heteroatoms. The van der Waals surface area contributed by atoms with Crippen molar-refractivity contribution in [2.45, 2.75) is 6.42 Å². The first-order chi connectivity index (χ1) is 10.2. The lowest BCUT2D eigenvalue weighted by Gasteiger charge is -2.29. The van der Waals surface area contributed by atoms with Crippen molar-refractivity contribution in [3.8, 4) is 0 Å². The summed E-state index contributed by atoms with van der Waals surface area (Å²) in [6.07, 6.45) is 3.20. The van der Waals surface area contributed by atoms with Gasteiger partial charge in [-0.1, -0.05) is 36.4 Å². The maximum Gasteiger partial charge on any atom is 0.239 e. The van der Waals surface area contributed by atoms with Gasteiger partial charge in [0.25, 0.3) is 0 Å². The Balaban J connectivity index is 0.00000242. The third-order valence-corrected chi connectivity index (χ3v) is 3.55. The number of halogens is 1. The molecule has 1 aromatic carbocycles. The predicted octanol–water partition coefficient (Wildman–Crippen LogP) is 1.72. The molecule has 2 rings (SSSR count). The van der Waals surface area contributed by atoms with Crippen LogP contribution in [-0.2, 0) is 4.79 Å². The average Bonchev–Trinajstić information content (AvgIpc) is 2.56. The molecule has 0 aliphatic carbocycles. The number of nitrogens with zero attached hydrogens (tertiary/aromatic N) is 2. The van der Waals surface area contributed by atoms with Gasteiger partial charge in [-0.3, -0.25) is 9.79 Å². The van der Waals surface area contributed by atoms with Crippen molar-refractivity contribution in [1.82, 2.24) is 15.5 Å². The summed E-state index contributed by atoms with van der Waals surface area (Å²) in [4.78, 5) is 17.7. The van der Waals surface area contributed by atoms with Gasteiger partial charge in [-0.15, -0.1) is 24.0 Å². The van der Waals surface area contributed by atoms with Crippen molar-refractivity contribution in [3.63, 3.8) is 0 Å². The molecule has 1 aliphatic heterocycles. The van der Waals surface area contributed by atoms with Crippen LogP contribution < -0.4 is 10.6 Å². The molecule has 0 atom stereocenters. The van der Waals surface area contributed by atoms with Crippen molar-refractivity contribution < 1.29 is 4.79 Å². The normalized spacial score (nSPS) is 14.7. The van der Waals surface area contributed by atoms with Gasteiger partial charge in [0.05, 0.1) is 6.54 Å². The minimum atomic E-state index is -0.0475. The molecule has 0 saturated carbocycles. The lowest BCUT2D eigenvalue weighted by Crippen LogP contribution is -2.46. The van der Waals surface area contributed by atoms with Crippen LogP contribution in [0.15, 0.2) is 41.4 Å². The molecule has 2 N–H and O–H groups in total. The Morgan fingerprint density at radius 3 is 2.59 bits per heavy atom. The van der Waals surface area contributed by atoms with Crippen molar-refractivity contribution >= 4 is 41.4 Å². The number of hydrogen-bond acceptors (Lipinski definition) is 2. The largest absolute Gasteiger partial charge is 0.358 e. The molecule has 0 radical (unpaired) electrons. The van der Waals surface area contributed by atoms with Gasteiger partial charge in [0, 0.05) is 27.2 Å². The highest BCUT2D eigenvalue weighted by atomic mass is 127. The highest BCUT2D eigenvalue weighted by molar-refractivity contribution is 14.0. The van der Waals surface area contributed by atoms with E-state index >= 15 is 0 Å². The van der Waals surface area contributed by atoms with Crippen molar-refractivity contribution in [2.75, 3.05) is 33.7 Å².